The fourth-order valence-electron chi connectivity index (χ4n) is 3.03. The second kappa shape index (κ2) is 8.45. The number of para-hydroxylation sites is 1. The first-order valence-electron chi connectivity index (χ1n) is 9.30. The first kappa shape index (κ1) is 19.1. The van der Waals surface area contributed by atoms with E-state index in [0.717, 1.165) is 16.6 Å². The Labute approximate surface area is 172 Å². The van der Waals surface area contributed by atoms with Gasteiger partial charge in [0.25, 0.3) is 0 Å². The maximum Gasteiger partial charge on any atom is 0.336 e. The second-order valence-corrected chi connectivity index (χ2v) is 6.66. The lowest BCUT2D eigenvalue weighted by Gasteiger charge is -2.08. The lowest BCUT2D eigenvalue weighted by Crippen LogP contribution is -2.23. The zero-order chi connectivity index (χ0) is 20.9. The largest absolute Gasteiger partial charge is 0.619 e. The average molecular weight is 398 g/mol. The number of fused-ring (bicyclic) bond motifs is 1. The lowest BCUT2D eigenvalue weighted by molar-refractivity contribution is -0.605. The normalized spacial score (nSPS) is 11.4. The van der Waals surface area contributed by atoms with E-state index in [2.05, 4.69) is 4.98 Å². The summed E-state index contributed by atoms with van der Waals surface area (Å²) >= 11 is 0. The number of ether oxygens (including phenoxy) is 1. The number of aromatic nitrogens is 2. The van der Waals surface area contributed by atoms with Crippen molar-refractivity contribution in [2.45, 2.75) is 6.61 Å². The van der Waals surface area contributed by atoms with E-state index in [1.165, 1.54) is 18.5 Å². The third-order valence-electron chi connectivity index (χ3n) is 4.58. The fourth-order valence-corrected chi connectivity index (χ4v) is 3.03. The van der Waals surface area contributed by atoms with Gasteiger partial charge in [-0.2, -0.15) is 4.73 Å². The number of rotatable bonds is 6. The van der Waals surface area contributed by atoms with E-state index in [4.69, 9.17) is 4.74 Å². The van der Waals surface area contributed by atoms with E-state index in [-0.39, 0.29) is 5.57 Å². The highest BCUT2D eigenvalue weighted by atomic mass is 16.5. The van der Waals surface area contributed by atoms with Crippen molar-refractivity contribution in [2.75, 3.05) is 0 Å². The summed E-state index contributed by atoms with van der Waals surface area (Å²) in [7, 11) is 0. The number of hydrogen-bond donors (Lipinski definition) is 1. The van der Waals surface area contributed by atoms with E-state index in [9.17, 15) is 15.1 Å². The minimum absolute atomic E-state index is 0.126. The molecule has 1 N–H and O–H groups in total. The Morgan fingerprint density at radius 2 is 1.73 bits per heavy atom. The van der Waals surface area contributed by atoms with E-state index in [1.807, 2.05) is 36.4 Å². The molecule has 0 aliphatic carbocycles. The highest BCUT2D eigenvalue weighted by Gasteiger charge is 2.11. The zero-order valence-corrected chi connectivity index (χ0v) is 15.9. The Morgan fingerprint density at radius 3 is 2.47 bits per heavy atom. The Kier molecular flexibility index (Phi) is 5.39. The van der Waals surface area contributed by atoms with Gasteiger partial charge in [0.1, 0.15) is 12.4 Å². The van der Waals surface area contributed by atoms with Crippen LogP contribution >= 0.6 is 0 Å². The van der Waals surface area contributed by atoms with Crippen LogP contribution in [0.5, 0.6) is 5.75 Å². The molecule has 0 bridgehead atoms. The van der Waals surface area contributed by atoms with Gasteiger partial charge in [-0.15, -0.1) is 0 Å². The van der Waals surface area contributed by atoms with Gasteiger partial charge in [-0.25, -0.2) is 9.78 Å². The van der Waals surface area contributed by atoms with E-state index < -0.39 is 5.97 Å². The van der Waals surface area contributed by atoms with Crippen LogP contribution in [-0.2, 0) is 11.4 Å². The quantitative estimate of drug-likeness (QED) is 0.301. The summed E-state index contributed by atoms with van der Waals surface area (Å²) in [5.41, 5.74) is 3.01. The topological polar surface area (TPSA) is 86.4 Å². The van der Waals surface area contributed by atoms with Crippen LogP contribution in [-0.4, -0.2) is 16.1 Å². The summed E-state index contributed by atoms with van der Waals surface area (Å²) in [4.78, 5) is 16.3. The van der Waals surface area contributed by atoms with E-state index in [1.54, 1.807) is 36.4 Å². The summed E-state index contributed by atoms with van der Waals surface area (Å²) in [5.74, 6) is -0.437. The molecule has 4 rings (SSSR count). The molecule has 0 unspecified atom stereocenters. The molecular weight excluding hydrogens is 380 g/mol. The fraction of sp³-hybridized carbons (Fsp3) is 0.0417. The molecule has 0 aliphatic heterocycles. The van der Waals surface area contributed by atoms with Crippen molar-refractivity contribution < 1.29 is 19.4 Å². The average Bonchev–Trinajstić information content (AvgIpc) is 2.77. The third-order valence-corrected chi connectivity index (χ3v) is 4.58. The monoisotopic (exact) mass is 398 g/mol. The molecule has 0 amide bonds. The van der Waals surface area contributed by atoms with Crippen LogP contribution in [0.2, 0.25) is 0 Å². The molecular formula is C24H18N2O4. The standard InChI is InChI=1S/C24H18N2O4/c27-24(28)22(15-17-11-13-26(29)14-12-17)18-6-9-21(10-7-18)30-16-20-8-5-19-3-1-2-4-23(19)25-20/h1-15H,16H2,(H,27,28)/b22-15+. The molecule has 0 radical (unpaired) electrons. The van der Waals surface area contributed by atoms with Crippen molar-refractivity contribution in [3.05, 3.63) is 107 Å². The molecule has 2 aromatic heterocycles. The summed E-state index contributed by atoms with van der Waals surface area (Å²) in [6, 6.07) is 21.8. The SMILES string of the molecule is O=C(O)/C(=C/c1cc[n+]([O-])cc1)c1ccc(OCc2ccc3ccccc3n2)cc1. The lowest BCUT2D eigenvalue weighted by atomic mass is 10.0. The van der Waals surface area contributed by atoms with Crippen LogP contribution in [0.1, 0.15) is 16.8 Å². The van der Waals surface area contributed by atoms with Crippen LogP contribution < -0.4 is 9.47 Å². The summed E-state index contributed by atoms with van der Waals surface area (Å²) in [6.07, 6.45) is 4.17. The maximum absolute atomic E-state index is 11.7. The molecule has 6 heteroatoms. The summed E-state index contributed by atoms with van der Waals surface area (Å²) in [5, 5.41) is 21.8. The van der Waals surface area contributed by atoms with Gasteiger partial charge in [-0.1, -0.05) is 36.4 Å². The number of carboxylic acids is 1. The van der Waals surface area contributed by atoms with Crippen molar-refractivity contribution in [1.29, 1.82) is 0 Å². The molecule has 148 valence electrons. The van der Waals surface area contributed by atoms with Crippen molar-refractivity contribution in [2.24, 2.45) is 0 Å². The molecule has 0 saturated heterocycles. The highest BCUT2D eigenvalue weighted by molar-refractivity contribution is 6.20. The Balaban J connectivity index is 1.49. The number of carbonyl (C=O) groups is 1. The molecule has 0 spiro atoms. The number of pyridine rings is 2. The molecule has 0 aliphatic rings. The number of nitrogens with zero attached hydrogens (tertiary/aromatic N) is 2. The van der Waals surface area contributed by atoms with Crippen LogP contribution in [0.4, 0.5) is 0 Å². The predicted octanol–water partition coefficient (Wildman–Crippen LogP) is 4.07. The Morgan fingerprint density at radius 1 is 1.00 bits per heavy atom. The van der Waals surface area contributed by atoms with Crippen LogP contribution in [0.3, 0.4) is 0 Å². The van der Waals surface area contributed by atoms with E-state index in [0.29, 0.717) is 28.2 Å². The van der Waals surface area contributed by atoms with Crippen LogP contribution in [0, 0.1) is 5.21 Å². The molecule has 2 heterocycles. The van der Waals surface area contributed by atoms with Crippen molar-refractivity contribution in [3.63, 3.8) is 0 Å². The molecule has 0 fully saturated rings. The number of carboxylic acid groups (broad SMARTS) is 1. The van der Waals surface area contributed by atoms with E-state index >= 15 is 0 Å². The van der Waals surface area contributed by atoms with Gasteiger partial charge in [0, 0.05) is 17.5 Å². The van der Waals surface area contributed by atoms with Crippen molar-refractivity contribution >= 4 is 28.5 Å². The Hall–Kier alpha value is -4.19. The highest BCUT2D eigenvalue weighted by Crippen LogP contribution is 2.22. The van der Waals surface area contributed by atoms with Crippen molar-refractivity contribution in [1.82, 2.24) is 4.98 Å². The van der Waals surface area contributed by atoms with Gasteiger partial charge in [0.2, 0.25) is 0 Å². The molecule has 0 atom stereocenters. The second-order valence-electron chi connectivity index (χ2n) is 6.66. The molecule has 0 saturated carbocycles. The maximum atomic E-state index is 11.7. The summed E-state index contributed by atoms with van der Waals surface area (Å²) < 4.78 is 6.45. The molecule has 2 aromatic carbocycles. The van der Waals surface area contributed by atoms with Gasteiger partial charge in [0.15, 0.2) is 12.4 Å². The van der Waals surface area contributed by atoms with Crippen molar-refractivity contribution in [3.8, 4) is 5.75 Å². The number of benzene rings is 2. The predicted molar refractivity (Wildman–Crippen MR) is 113 cm³/mol. The van der Waals surface area contributed by atoms with Gasteiger partial charge in [0.05, 0.1) is 16.8 Å². The molecule has 6 nitrogen and oxygen atoms in total. The zero-order valence-electron chi connectivity index (χ0n) is 15.9. The Bertz CT molecular complexity index is 1220. The van der Waals surface area contributed by atoms with Gasteiger partial charge < -0.3 is 15.1 Å². The minimum Gasteiger partial charge on any atom is -0.619 e. The van der Waals surface area contributed by atoms with Gasteiger partial charge in [-0.3, -0.25) is 0 Å². The minimum atomic E-state index is -1.05. The summed E-state index contributed by atoms with van der Waals surface area (Å²) in [6.45, 7) is 0.311. The number of aliphatic carboxylic acids is 1. The first-order chi connectivity index (χ1) is 14.6. The van der Waals surface area contributed by atoms with Crippen LogP contribution in [0.15, 0.2) is 85.2 Å². The van der Waals surface area contributed by atoms with Gasteiger partial charge in [-0.05, 0) is 41.5 Å². The smallest absolute Gasteiger partial charge is 0.336 e. The van der Waals surface area contributed by atoms with Gasteiger partial charge >= 0.3 is 5.97 Å². The third kappa shape index (κ3) is 4.44. The molecule has 30 heavy (non-hydrogen) atoms. The number of hydrogen-bond acceptors (Lipinski definition) is 4. The molecule has 4 aromatic rings. The first-order valence-corrected chi connectivity index (χ1v) is 9.30. The van der Waals surface area contributed by atoms with Crippen LogP contribution in [0.25, 0.3) is 22.6 Å².